The Kier molecular flexibility index (Phi) is 4.91. The molecule has 3 aromatic heterocycles. The van der Waals surface area contributed by atoms with Crippen molar-refractivity contribution < 1.29 is 8.95 Å². The lowest BCUT2D eigenvalue weighted by Gasteiger charge is -2.34. The third-order valence-corrected chi connectivity index (χ3v) is 8.32. The Balaban J connectivity index is 1.71. The van der Waals surface area contributed by atoms with Crippen LogP contribution in [0.1, 0.15) is 30.7 Å². The molecule has 0 amide bonds. The Bertz CT molecular complexity index is 1210. The van der Waals surface area contributed by atoms with Crippen LogP contribution in [-0.2, 0) is 14.5 Å². The Morgan fingerprint density at radius 3 is 2.97 bits per heavy atom. The molecule has 2 aliphatic heterocycles. The van der Waals surface area contributed by atoms with E-state index in [4.69, 9.17) is 31.1 Å². The summed E-state index contributed by atoms with van der Waals surface area (Å²) in [6.45, 7) is 4.06. The summed E-state index contributed by atoms with van der Waals surface area (Å²) < 4.78 is 26.8. The van der Waals surface area contributed by atoms with Gasteiger partial charge >= 0.3 is 0 Å². The third-order valence-electron chi connectivity index (χ3n) is 5.84. The van der Waals surface area contributed by atoms with Gasteiger partial charge in [0.25, 0.3) is 0 Å². The molecule has 0 saturated carbocycles. The molecule has 2 aliphatic rings. The van der Waals surface area contributed by atoms with Gasteiger partial charge in [-0.3, -0.25) is 4.78 Å². The molecule has 5 heterocycles. The number of ether oxygens (including phenoxy) is 1. The zero-order valence-corrected chi connectivity index (χ0v) is 18.2. The van der Waals surface area contributed by atoms with Crippen molar-refractivity contribution in [3.05, 3.63) is 35.2 Å². The normalized spacial score (nSPS) is 27.1. The number of nitrogens with one attached hydrogen (secondary N) is 2. The van der Waals surface area contributed by atoms with Crippen LogP contribution in [0.5, 0.6) is 0 Å². The molecular formula is C20H23ClN6O2S. The van der Waals surface area contributed by atoms with E-state index < -0.39 is 9.73 Å². The maximum absolute atomic E-state index is 12.9. The fourth-order valence-corrected chi connectivity index (χ4v) is 6.43. The van der Waals surface area contributed by atoms with Gasteiger partial charge in [-0.05, 0) is 31.9 Å². The number of hydrogen-bond donors (Lipinski definition) is 2. The van der Waals surface area contributed by atoms with E-state index in [1.165, 1.54) is 0 Å². The second-order valence-electron chi connectivity index (χ2n) is 7.89. The van der Waals surface area contributed by atoms with Crippen molar-refractivity contribution in [2.24, 2.45) is 0 Å². The highest BCUT2D eigenvalue weighted by Gasteiger charge is 2.32. The number of nitrogens with zero attached hydrogens (tertiary/aromatic N) is 4. The molecule has 2 N–H and O–H groups in total. The summed E-state index contributed by atoms with van der Waals surface area (Å²) in [6, 6.07) is 5.75. The van der Waals surface area contributed by atoms with Crippen LogP contribution in [0, 0.1) is 4.78 Å². The van der Waals surface area contributed by atoms with Gasteiger partial charge in [0.05, 0.1) is 39.9 Å². The van der Waals surface area contributed by atoms with Gasteiger partial charge in [0.15, 0.2) is 5.82 Å². The first-order valence-corrected chi connectivity index (χ1v) is 12.2. The van der Waals surface area contributed by atoms with Gasteiger partial charge in [-0.2, -0.15) is 0 Å². The number of hydrogen-bond acceptors (Lipinski definition) is 7. The van der Waals surface area contributed by atoms with Gasteiger partial charge in [-0.1, -0.05) is 11.6 Å². The molecule has 2 fully saturated rings. The zero-order chi connectivity index (χ0) is 20.9. The lowest BCUT2D eigenvalue weighted by molar-refractivity contribution is 0.0985. The number of H-pyrrole nitrogens is 1. The summed E-state index contributed by atoms with van der Waals surface area (Å²) >= 11 is 6.26. The smallest absolute Gasteiger partial charge is 0.162 e. The van der Waals surface area contributed by atoms with Crippen LogP contribution in [0.4, 0.5) is 5.82 Å². The maximum Gasteiger partial charge on any atom is 0.162 e. The minimum Gasteiger partial charge on any atom is -0.377 e. The molecule has 0 aromatic carbocycles. The first kappa shape index (κ1) is 19.7. The monoisotopic (exact) mass is 446 g/mol. The number of halogens is 1. The topological polar surface area (TPSA) is 108 Å². The molecule has 5 rings (SSSR count). The lowest BCUT2D eigenvalue weighted by Crippen LogP contribution is -2.44. The number of rotatable bonds is 3. The number of fused-ring (bicyclic) bond motifs is 1. The molecule has 0 aliphatic carbocycles. The molecule has 3 aromatic rings. The average Bonchev–Trinajstić information content (AvgIpc) is 3.32. The van der Waals surface area contributed by atoms with E-state index in [1.807, 2.05) is 12.1 Å². The van der Waals surface area contributed by atoms with Crippen LogP contribution in [-0.4, -0.2) is 55.7 Å². The van der Waals surface area contributed by atoms with E-state index in [2.05, 4.69) is 21.8 Å². The molecule has 30 heavy (non-hydrogen) atoms. The van der Waals surface area contributed by atoms with Gasteiger partial charge < -0.3 is 14.6 Å². The Hall–Kier alpha value is -2.23. The lowest BCUT2D eigenvalue weighted by atomic mass is 10.1. The molecule has 3 atom stereocenters. The van der Waals surface area contributed by atoms with Gasteiger partial charge in [0.2, 0.25) is 0 Å². The molecule has 2 unspecified atom stereocenters. The number of morpholine rings is 1. The van der Waals surface area contributed by atoms with Crippen LogP contribution in [0.3, 0.4) is 0 Å². The Morgan fingerprint density at radius 2 is 2.20 bits per heavy atom. The van der Waals surface area contributed by atoms with Crippen LogP contribution in [0.15, 0.2) is 24.4 Å². The molecule has 0 radical (unpaired) electrons. The standard InChI is InChI=1S/C20H23ClN6O2S/c1-12-11-29-7-6-27(12)18-10-15(16-3-2-8-30(16,22)28)24-20(26-18)14-9-17(21)25-19-13(14)4-5-23-19/h4-5,9-10,12,16,22H,2-3,6-8,11H2,1H3,(H,23,25)/t12-,16?,30?/m1/s1. The fraction of sp³-hybridized carbons (Fsp3) is 0.450. The minimum absolute atomic E-state index is 0.159. The van der Waals surface area contributed by atoms with Crippen molar-refractivity contribution in [3.8, 4) is 11.4 Å². The SMILES string of the molecule is C[C@@H]1COCCN1c1cc(C2CCCS2(=N)=O)nc(-c2cc(Cl)nc3[nH]ccc23)n1. The number of aromatic nitrogens is 4. The van der Waals surface area contributed by atoms with Crippen molar-refractivity contribution in [3.63, 3.8) is 0 Å². The Morgan fingerprint density at radius 1 is 1.33 bits per heavy atom. The van der Waals surface area contributed by atoms with Crippen LogP contribution in [0.25, 0.3) is 22.4 Å². The molecule has 10 heteroatoms. The van der Waals surface area contributed by atoms with E-state index in [0.717, 1.165) is 23.2 Å². The maximum atomic E-state index is 12.9. The predicted molar refractivity (Wildman–Crippen MR) is 117 cm³/mol. The van der Waals surface area contributed by atoms with E-state index in [-0.39, 0.29) is 11.3 Å². The highest BCUT2D eigenvalue weighted by Crippen LogP contribution is 2.37. The number of anilines is 1. The summed E-state index contributed by atoms with van der Waals surface area (Å²) in [6.07, 6.45) is 3.28. The molecule has 0 spiro atoms. The van der Waals surface area contributed by atoms with Gasteiger partial charge in [-0.15, -0.1) is 0 Å². The van der Waals surface area contributed by atoms with Crippen molar-refractivity contribution in [1.82, 2.24) is 19.9 Å². The van der Waals surface area contributed by atoms with E-state index >= 15 is 0 Å². The fourth-order valence-electron chi connectivity index (χ4n) is 4.30. The second kappa shape index (κ2) is 7.47. The average molecular weight is 447 g/mol. The summed E-state index contributed by atoms with van der Waals surface area (Å²) in [5.41, 5.74) is 2.10. The predicted octanol–water partition coefficient (Wildman–Crippen LogP) is 3.78. The summed E-state index contributed by atoms with van der Waals surface area (Å²) in [7, 11) is -2.72. The first-order chi connectivity index (χ1) is 14.4. The van der Waals surface area contributed by atoms with Crippen molar-refractivity contribution in [1.29, 1.82) is 4.78 Å². The highest BCUT2D eigenvalue weighted by molar-refractivity contribution is 7.92. The van der Waals surface area contributed by atoms with E-state index in [0.29, 0.717) is 54.3 Å². The minimum atomic E-state index is -2.72. The van der Waals surface area contributed by atoms with Crippen LogP contribution in [0.2, 0.25) is 5.15 Å². The molecule has 2 saturated heterocycles. The quantitative estimate of drug-likeness (QED) is 0.593. The summed E-state index contributed by atoms with van der Waals surface area (Å²) in [5.74, 6) is 1.70. The third kappa shape index (κ3) is 3.44. The van der Waals surface area contributed by atoms with Crippen LogP contribution < -0.4 is 4.90 Å². The van der Waals surface area contributed by atoms with Crippen molar-refractivity contribution in [2.45, 2.75) is 31.1 Å². The number of aromatic amines is 1. The first-order valence-electron chi connectivity index (χ1n) is 10.0. The van der Waals surface area contributed by atoms with Gasteiger partial charge in [-0.25, -0.2) is 19.2 Å². The van der Waals surface area contributed by atoms with Crippen molar-refractivity contribution >= 4 is 38.2 Å². The van der Waals surface area contributed by atoms with Gasteiger partial charge in [0, 0.05) is 35.5 Å². The second-order valence-corrected chi connectivity index (χ2v) is 10.7. The summed E-state index contributed by atoms with van der Waals surface area (Å²) in [4.78, 5) is 19.3. The highest BCUT2D eigenvalue weighted by atomic mass is 35.5. The molecule has 8 nitrogen and oxygen atoms in total. The van der Waals surface area contributed by atoms with Crippen molar-refractivity contribution in [2.75, 3.05) is 30.4 Å². The van der Waals surface area contributed by atoms with Gasteiger partial charge in [0.1, 0.15) is 16.6 Å². The molecule has 0 bridgehead atoms. The Labute approximate surface area is 180 Å². The number of pyridine rings is 1. The zero-order valence-electron chi connectivity index (χ0n) is 16.6. The summed E-state index contributed by atoms with van der Waals surface area (Å²) in [5, 5.41) is 0.837. The van der Waals surface area contributed by atoms with E-state index in [1.54, 1.807) is 12.3 Å². The largest absolute Gasteiger partial charge is 0.377 e. The van der Waals surface area contributed by atoms with E-state index in [9.17, 15) is 4.21 Å². The van der Waals surface area contributed by atoms with Crippen LogP contribution >= 0.6 is 11.6 Å². The molecule has 158 valence electrons. The molecular weight excluding hydrogens is 424 g/mol.